The van der Waals surface area contributed by atoms with Gasteiger partial charge in [-0.2, -0.15) is 0 Å². The van der Waals surface area contributed by atoms with Gasteiger partial charge in [-0.3, -0.25) is 0 Å². The minimum absolute atomic E-state index is 0.575. The first-order chi connectivity index (χ1) is 26.1. The van der Waals surface area contributed by atoms with Crippen LogP contribution in [0.1, 0.15) is 204 Å². The fraction of sp³-hybridized carbons (Fsp3) is 0.625. The molecule has 2 aromatic carbocycles. The van der Waals surface area contributed by atoms with Crippen molar-refractivity contribution in [2.75, 3.05) is 0 Å². The maximum absolute atomic E-state index is 9.72. The summed E-state index contributed by atoms with van der Waals surface area (Å²) in [6.07, 6.45) is 38.3. The van der Waals surface area contributed by atoms with Crippen molar-refractivity contribution in [3.63, 3.8) is 0 Å². The van der Waals surface area contributed by atoms with Crippen LogP contribution >= 0.6 is 26.9 Å². The van der Waals surface area contributed by atoms with Crippen LogP contribution < -0.4 is 0 Å². The van der Waals surface area contributed by atoms with E-state index in [0.29, 0.717) is 13.9 Å². The first kappa shape index (κ1) is 49.7. The van der Waals surface area contributed by atoms with Crippen LogP contribution in [-0.2, 0) is 26.8 Å². The zero-order valence-electron chi connectivity index (χ0n) is 34.1. The van der Waals surface area contributed by atoms with E-state index in [1.165, 1.54) is 162 Å². The summed E-state index contributed by atoms with van der Waals surface area (Å²) in [5.74, 6) is 2.99. The number of unbranched alkanes of at least 4 members (excludes halogenated alkanes) is 20. The fourth-order valence-corrected chi connectivity index (χ4v) is 7.01. The van der Waals surface area contributed by atoms with Crippen LogP contribution in [0, 0.1) is 0 Å². The van der Waals surface area contributed by atoms with Gasteiger partial charge in [0.15, 0.2) is 0 Å². The third-order valence-corrected chi connectivity index (χ3v) is 10.3. The molecule has 0 heterocycles. The second kappa shape index (κ2) is 36.3. The van der Waals surface area contributed by atoms with Crippen LogP contribution in [0.3, 0.4) is 0 Å². The van der Waals surface area contributed by atoms with Gasteiger partial charge in [0.1, 0.15) is 5.57 Å². The van der Waals surface area contributed by atoms with E-state index in [1.807, 2.05) is 0 Å². The Balaban J connectivity index is 0.00000452. The average Bonchev–Trinajstić information content (AvgIpc) is 3.18. The Bertz CT molecular complexity index is 1300. The second-order valence-corrected chi connectivity index (χ2v) is 21.9. The van der Waals surface area contributed by atoms with Gasteiger partial charge in [-0.1, -0.05) is 204 Å². The van der Waals surface area contributed by atoms with Crippen molar-refractivity contribution in [2.24, 2.45) is 0 Å². The maximum atomic E-state index is 9.72. The molecule has 0 amide bonds. The van der Waals surface area contributed by atoms with Crippen LogP contribution in [-0.4, -0.2) is 10.7 Å². The molecule has 0 unspecified atom stereocenters. The average molecular weight is 945 g/mol. The van der Waals surface area contributed by atoms with Crippen LogP contribution in [0.25, 0.3) is 11.1 Å². The zero-order chi connectivity index (χ0) is 38.6. The van der Waals surface area contributed by atoms with Gasteiger partial charge >= 0.3 is 46.7 Å². The fourth-order valence-electron chi connectivity index (χ4n) is 7.01. The summed E-state index contributed by atoms with van der Waals surface area (Å²) >= 11 is 6.80. The van der Waals surface area contributed by atoms with Gasteiger partial charge < -0.3 is 5.53 Å². The predicted molar refractivity (Wildman–Crippen MR) is 239 cm³/mol. The van der Waals surface area contributed by atoms with E-state index < -0.39 is 0 Å². The van der Waals surface area contributed by atoms with Crippen molar-refractivity contribution in [2.45, 2.75) is 195 Å². The first-order valence-electron chi connectivity index (χ1n) is 21.5. The number of halogens is 2. The standard InChI is InChI=1S/C48H74N2.2BrH.Pd/c1-5-9-12-13-14-15-16-17-18-19-20-21-22-23-24-25-26-27-28-29-31-46(41-50-49)47(32-11-7-3)48(44-37-33-42(8-4)34-38-44)45-39-35-43(36-40-45)30-10-6-2;;;/h29,31,33-40H,5-28,30,32H2,1-4H3;2*1H;/q;;;+2/p-2. The van der Waals surface area contributed by atoms with Crippen molar-refractivity contribution in [1.82, 2.24) is 0 Å². The Labute approximate surface area is 348 Å². The van der Waals surface area contributed by atoms with Gasteiger partial charge in [-0.05, 0) is 84.4 Å². The molecule has 0 aromatic heterocycles. The molecule has 2 rings (SSSR count). The van der Waals surface area contributed by atoms with E-state index in [1.54, 1.807) is 0 Å². The van der Waals surface area contributed by atoms with Crippen LogP contribution in [0.4, 0.5) is 0 Å². The number of allylic oxidation sites excluding steroid dienone is 4. The molecule has 0 bridgehead atoms. The second-order valence-electron chi connectivity index (χ2n) is 14.7. The van der Waals surface area contributed by atoms with E-state index in [2.05, 4.69) is 126 Å². The Kier molecular flexibility index (Phi) is 34.1. The third-order valence-electron chi connectivity index (χ3n) is 10.3. The molecule has 5 heteroatoms. The number of hydrogen-bond acceptors (Lipinski definition) is 0. The summed E-state index contributed by atoms with van der Waals surface area (Å²) in [6.45, 7) is 9.00. The summed E-state index contributed by atoms with van der Waals surface area (Å²) in [7, 11) is 0. The van der Waals surface area contributed by atoms with Crippen molar-refractivity contribution < 1.29 is 18.7 Å². The van der Waals surface area contributed by atoms with Crippen molar-refractivity contribution >= 4 is 38.3 Å². The molecule has 300 valence electrons. The Morgan fingerprint density at radius 3 is 1.42 bits per heavy atom. The zero-order valence-corrected chi connectivity index (χ0v) is 38.9. The Hall–Kier alpha value is -1.30. The van der Waals surface area contributed by atoms with Gasteiger partial charge in [0.05, 0.1) is 0 Å². The summed E-state index contributed by atoms with van der Waals surface area (Å²) in [4.78, 5) is 3.44. The van der Waals surface area contributed by atoms with Gasteiger partial charge in [0, 0.05) is 0 Å². The molecular weight excluding hydrogens is 871 g/mol. The van der Waals surface area contributed by atoms with Crippen LogP contribution in [0.2, 0.25) is 0 Å². The number of nitrogens with zero attached hydrogens (tertiary/aromatic N) is 2. The normalized spacial score (nSPS) is 11.6. The molecule has 0 fully saturated rings. The van der Waals surface area contributed by atoms with Crippen molar-refractivity contribution in [3.05, 3.63) is 99.6 Å². The molecule has 2 nitrogen and oxygen atoms in total. The molecule has 0 aliphatic heterocycles. The van der Waals surface area contributed by atoms with Crippen LogP contribution in [0.15, 0.2) is 71.8 Å². The number of aryl methyl sites for hydroxylation is 2. The van der Waals surface area contributed by atoms with E-state index in [4.69, 9.17) is 0 Å². The molecule has 0 atom stereocenters. The molecule has 0 aliphatic rings. The topological polar surface area (TPSA) is 36.4 Å². The third kappa shape index (κ3) is 24.8. The monoisotopic (exact) mass is 942 g/mol. The van der Waals surface area contributed by atoms with Gasteiger partial charge in [-0.15, -0.1) is 4.79 Å². The molecule has 0 radical (unpaired) electrons. The van der Waals surface area contributed by atoms with Gasteiger partial charge in [0.25, 0.3) is 0 Å². The number of rotatable bonds is 30. The molecule has 0 spiro atoms. The van der Waals surface area contributed by atoms with E-state index in [-0.39, 0.29) is 0 Å². The number of hydrogen-bond donors (Lipinski definition) is 0. The molecule has 0 saturated heterocycles. The number of benzene rings is 2. The molecule has 0 N–H and O–H groups in total. The summed E-state index contributed by atoms with van der Waals surface area (Å²) in [6, 6.07) is 18.2. The molecule has 0 saturated carbocycles. The quantitative estimate of drug-likeness (QED) is 0.0187. The molecule has 2 aromatic rings. The summed E-state index contributed by atoms with van der Waals surface area (Å²) < 4.78 is 0. The first-order valence-corrected chi connectivity index (χ1v) is 28.6. The van der Waals surface area contributed by atoms with E-state index >= 15 is 0 Å². The van der Waals surface area contributed by atoms with E-state index in [0.717, 1.165) is 44.1 Å². The molecule has 0 aliphatic carbocycles. The predicted octanol–water partition coefficient (Wildman–Crippen LogP) is 17.1. The minimum atomic E-state index is 0.575. The molecular formula is C48H74Br2N2Pd. The van der Waals surface area contributed by atoms with E-state index in [9.17, 15) is 5.53 Å². The summed E-state index contributed by atoms with van der Waals surface area (Å²) in [5.41, 5.74) is 18.2. The van der Waals surface area contributed by atoms with Crippen molar-refractivity contribution in [3.8, 4) is 0 Å². The molecule has 53 heavy (non-hydrogen) atoms. The van der Waals surface area contributed by atoms with Crippen molar-refractivity contribution in [1.29, 1.82) is 0 Å². The van der Waals surface area contributed by atoms with Crippen LogP contribution in [0.5, 0.6) is 0 Å². The van der Waals surface area contributed by atoms with Gasteiger partial charge in [0.2, 0.25) is 0 Å². The Morgan fingerprint density at radius 1 is 0.585 bits per heavy atom. The SMILES string of the molecule is CCCCCCCCCCCCCCCCCCCCC=CC(=C=[N+]=[N-])C(CCCC)=C(c1ccc(CC)cc1)c1ccc(CCCC)cc1.[Br][Pd][Br]. The van der Waals surface area contributed by atoms with Gasteiger partial charge in [-0.25, -0.2) is 0 Å². The Morgan fingerprint density at radius 2 is 1.00 bits per heavy atom. The summed E-state index contributed by atoms with van der Waals surface area (Å²) in [5, 5.41) is 0.